The number of nitrogens with two attached hydrogens (primary N) is 1. The molecule has 4 rings (SSSR count). The molecule has 8 heteroatoms. The molecule has 34 heavy (non-hydrogen) atoms. The van der Waals surface area contributed by atoms with Crippen LogP contribution in [0.15, 0.2) is 77.7 Å². The lowest BCUT2D eigenvalue weighted by Gasteiger charge is -2.32. The van der Waals surface area contributed by atoms with E-state index in [9.17, 15) is 9.59 Å². The van der Waals surface area contributed by atoms with Crippen molar-refractivity contribution in [2.75, 3.05) is 13.1 Å². The Morgan fingerprint density at radius 2 is 1.82 bits per heavy atom. The molecule has 176 valence electrons. The van der Waals surface area contributed by atoms with Gasteiger partial charge < -0.3 is 10.6 Å². The van der Waals surface area contributed by atoms with Gasteiger partial charge in [-0.2, -0.15) is 5.10 Å². The third-order valence-electron chi connectivity index (χ3n) is 5.88. The number of nitrogens with zero attached hydrogens (tertiary/aromatic N) is 4. The fourth-order valence-electron chi connectivity index (χ4n) is 4.16. The molecule has 2 heterocycles. The summed E-state index contributed by atoms with van der Waals surface area (Å²) >= 11 is 6.03. The number of carbonyl (C=O) groups is 1. The Hall–Kier alpha value is -3.42. The Kier molecular flexibility index (Phi) is 7.45. The molecule has 0 aliphatic carbocycles. The molecule has 2 N–H and O–H groups in total. The van der Waals surface area contributed by atoms with Crippen molar-refractivity contribution in [3.63, 3.8) is 0 Å². The van der Waals surface area contributed by atoms with E-state index in [-0.39, 0.29) is 11.5 Å². The van der Waals surface area contributed by atoms with Crippen LogP contribution in [0.4, 0.5) is 0 Å². The van der Waals surface area contributed by atoms with Crippen molar-refractivity contribution in [3.8, 4) is 0 Å². The van der Waals surface area contributed by atoms with E-state index in [4.69, 9.17) is 22.4 Å². The Labute approximate surface area is 203 Å². The lowest BCUT2D eigenvalue weighted by Crippen LogP contribution is -2.40. The summed E-state index contributed by atoms with van der Waals surface area (Å²) in [5.74, 6) is 0.393. The molecule has 1 unspecified atom stereocenters. The number of halogens is 1. The molecule has 0 bridgehead atoms. The van der Waals surface area contributed by atoms with E-state index in [1.54, 1.807) is 56.6 Å². The average molecular weight is 478 g/mol. The maximum Gasteiger partial charge on any atom is 0.278 e. The van der Waals surface area contributed by atoms with Gasteiger partial charge in [-0.25, -0.2) is 4.52 Å². The zero-order valence-corrected chi connectivity index (χ0v) is 19.9. The van der Waals surface area contributed by atoms with Gasteiger partial charge in [-0.1, -0.05) is 48.9 Å². The van der Waals surface area contributed by atoms with Crippen molar-refractivity contribution in [3.05, 3.63) is 105 Å². The summed E-state index contributed by atoms with van der Waals surface area (Å²) in [5.41, 5.74) is 7.66. The third kappa shape index (κ3) is 4.90. The van der Waals surface area contributed by atoms with Crippen LogP contribution in [0.25, 0.3) is 5.52 Å². The molecule has 1 amide bonds. The minimum atomic E-state index is -0.419. The molecular formula is C26H28ClN5O2. The Morgan fingerprint density at radius 1 is 1.09 bits per heavy atom. The molecule has 1 atom stereocenters. The first-order chi connectivity index (χ1) is 16.5. The predicted octanol–water partition coefficient (Wildman–Crippen LogP) is 4.14. The number of fused-ring (bicyclic) bond motifs is 1. The van der Waals surface area contributed by atoms with Crippen molar-refractivity contribution in [1.29, 1.82) is 0 Å². The van der Waals surface area contributed by atoms with Crippen molar-refractivity contribution >= 4 is 23.0 Å². The average Bonchev–Trinajstić information content (AvgIpc) is 3.33. The zero-order chi connectivity index (χ0) is 24.1. The van der Waals surface area contributed by atoms with Crippen LogP contribution in [-0.4, -0.2) is 38.1 Å². The van der Waals surface area contributed by atoms with Crippen molar-refractivity contribution in [2.24, 2.45) is 5.73 Å². The third-order valence-corrected chi connectivity index (χ3v) is 6.13. The van der Waals surface area contributed by atoms with Gasteiger partial charge in [-0.05, 0) is 61.3 Å². The molecule has 2 aromatic carbocycles. The molecule has 0 aliphatic rings. The van der Waals surface area contributed by atoms with Crippen LogP contribution in [0.5, 0.6) is 0 Å². The molecule has 0 radical (unpaired) electrons. The summed E-state index contributed by atoms with van der Waals surface area (Å²) in [7, 11) is 0. The Morgan fingerprint density at radius 3 is 2.50 bits per heavy atom. The van der Waals surface area contributed by atoms with Crippen LogP contribution in [0.2, 0.25) is 5.02 Å². The number of hydrogen-bond acceptors (Lipinski definition) is 4. The molecule has 0 spiro atoms. The quantitative estimate of drug-likeness (QED) is 0.392. The summed E-state index contributed by atoms with van der Waals surface area (Å²) in [6, 6.07) is 19.7. The van der Waals surface area contributed by atoms with E-state index >= 15 is 0 Å². The van der Waals surface area contributed by atoms with E-state index < -0.39 is 6.04 Å². The van der Waals surface area contributed by atoms with E-state index in [1.165, 1.54) is 0 Å². The lowest BCUT2D eigenvalue weighted by molar-refractivity contribution is 0.0654. The molecule has 7 nitrogen and oxygen atoms in total. The minimum Gasteiger partial charge on any atom is -0.330 e. The Balaban J connectivity index is 1.84. The van der Waals surface area contributed by atoms with Crippen molar-refractivity contribution in [1.82, 2.24) is 19.1 Å². The number of aromatic nitrogens is 3. The smallest absolute Gasteiger partial charge is 0.278 e. The number of carbonyl (C=O) groups excluding carboxylic acids is 1. The highest BCUT2D eigenvalue weighted by Gasteiger charge is 2.29. The van der Waals surface area contributed by atoms with E-state index in [2.05, 4.69) is 0 Å². The molecule has 0 saturated carbocycles. The minimum absolute atomic E-state index is 0.144. The maximum absolute atomic E-state index is 13.6. The second kappa shape index (κ2) is 10.7. The second-order valence-electron chi connectivity index (χ2n) is 8.14. The molecule has 4 aromatic rings. The van der Waals surface area contributed by atoms with Crippen LogP contribution in [0, 0.1) is 0 Å². The first kappa shape index (κ1) is 23.7. The summed E-state index contributed by atoms with van der Waals surface area (Å²) in [4.78, 5) is 28.9. The number of amides is 1. The standard InChI is InChI=1S/C26H28ClN5O2/c1-2-22(30(16-7-15-28)25(33)20-11-13-21(27)14-12-20)24-29-32-17-6-10-23(32)26(34)31(24)18-19-8-4-3-5-9-19/h3-6,8-14,17,22H,2,7,15-16,18,28H2,1H3. The summed E-state index contributed by atoms with van der Waals surface area (Å²) < 4.78 is 3.28. The normalized spacial score (nSPS) is 12.1. The number of rotatable bonds is 9. The Bertz CT molecular complexity index is 1310. The highest BCUT2D eigenvalue weighted by Crippen LogP contribution is 2.26. The van der Waals surface area contributed by atoms with E-state index in [1.807, 2.05) is 37.3 Å². The summed E-state index contributed by atoms with van der Waals surface area (Å²) in [5, 5.41) is 5.38. The van der Waals surface area contributed by atoms with Crippen LogP contribution in [0.3, 0.4) is 0 Å². The first-order valence-electron chi connectivity index (χ1n) is 11.4. The maximum atomic E-state index is 13.6. The van der Waals surface area contributed by atoms with Gasteiger partial charge in [0.15, 0.2) is 5.82 Å². The van der Waals surface area contributed by atoms with Gasteiger partial charge in [0.2, 0.25) is 0 Å². The number of benzene rings is 2. The largest absolute Gasteiger partial charge is 0.330 e. The molecule has 2 aromatic heterocycles. The van der Waals surface area contributed by atoms with Gasteiger partial charge in [0.25, 0.3) is 11.5 Å². The highest BCUT2D eigenvalue weighted by atomic mass is 35.5. The van der Waals surface area contributed by atoms with Crippen LogP contribution in [-0.2, 0) is 6.54 Å². The number of hydrogen-bond donors (Lipinski definition) is 1. The molecule has 0 fully saturated rings. The van der Waals surface area contributed by atoms with Gasteiger partial charge >= 0.3 is 0 Å². The second-order valence-corrected chi connectivity index (χ2v) is 8.58. The predicted molar refractivity (Wildman–Crippen MR) is 134 cm³/mol. The molecule has 0 saturated heterocycles. The topological polar surface area (TPSA) is 85.6 Å². The van der Waals surface area contributed by atoms with E-state index in [0.717, 1.165) is 5.56 Å². The van der Waals surface area contributed by atoms with Crippen LogP contribution in [0.1, 0.15) is 47.6 Å². The van der Waals surface area contributed by atoms with Crippen molar-refractivity contribution < 1.29 is 4.79 Å². The SMILES string of the molecule is CCC(c1nn2cccc2c(=O)n1Cc1ccccc1)N(CCCN)C(=O)c1ccc(Cl)cc1. The van der Waals surface area contributed by atoms with E-state index in [0.29, 0.717) is 54.4 Å². The van der Waals surface area contributed by atoms with Crippen LogP contribution < -0.4 is 11.3 Å². The summed E-state index contributed by atoms with van der Waals surface area (Å²) in [6.45, 7) is 3.25. The van der Waals surface area contributed by atoms with Gasteiger partial charge in [-0.15, -0.1) is 0 Å². The lowest BCUT2D eigenvalue weighted by atomic mass is 10.1. The van der Waals surface area contributed by atoms with Gasteiger partial charge in [0, 0.05) is 23.3 Å². The van der Waals surface area contributed by atoms with Gasteiger partial charge in [0.1, 0.15) is 5.52 Å². The van der Waals surface area contributed by atoms with Gasteiger partial charge in [-0.3, -0.25) is 14.2 Å². The fourth-order valence-corrected chi connectivity index (χ4v) is 4.29. The van der Waals surface area contributed by atoms with Gasteiger partial charge in [0.05, 0.1) is 12.6 Å². The first-order valence-corrected chi connectivity index (χ1v) is 11.8. The monoisotopic (exact) mass is 477 g/mol. The molecule has 0 aliphatic heterocycles. The zero-order valence-electron chi connectivity index (χ0n) is 19.1. The van der Waals surface area contributed by atoms with Crippen molar-refractivity contribution in [2.45, 2.75) is 32.4 Å². The highest BCUT2D eigenvalue weighted by molar-refractivity contribution is 6.30. The fraction of sp³-hybridized carbons (Fsp3) is 0.269. The van der Waals surface area contributed by atoms with Crippen LogP contribution >= 0.6 is 11.6 Å². The summed E-state index contributed by atoms with van der Waals surface area (Å²) in [6.07, 6.45) is 2.97. The molecular weight excluding hydrogens is 450 g/mol.